The number of aromatic nitrogens is 1. The first-order valence-corrected chi connectivity index (χ1v) is 6.44. The zero-order valence-corrected chi connectivity index (χ0v) is 11.6. The van der Waals surface area contributed by atoms with Crippen LogP contribution < -0.4 is 5.32 Å². The van der Waals surface area contributed by atoms with E-state index in [2.05, 4.69) is 40.1 Å². The van der Waals surface area contributed by atoms with E-state index in [9.17, 15) is 0 Å². The molecule has 4 heteroatoms. The molecule has 0 unspecified atom stereocenters. The smallest absolute Gasteiger partial charge is 0.0475 e. The van der Waals surface area contributed by atoms with E-state index in [0.29, 0.717) is 6.04 Å². The molecule has 0 fully saturated rings. The summed E-state index contributed by atoms with van der Waals surface area (Å²) in [5.74, 6) is 0. The normalized spacial score (nSPS) is 11.6. The van der Waals surface area contributed by atoms with Gasteiger partial charge in [-0.05, 0) is 34.1 Å². The molecule has 2 nitrogen and oxygen atoms in total. The van der Waals surface area contributed by atoms with E-state index in [1.807, 2.05) is 18.2 Å². The summed E-state index contributed by atoms with van der Waals surface area (Å²) in [7, 11) is 0. The van der Waals surface area contributed by atoms with E-state index in [-0.39, 0.29) is 0 Å². The summed E-state index contributed by atoms with van der Waals surface area (Å²) < 4.78 is 1.10. The van der Waals surface area contributed by atoms with Gasteiger partial charge in [-0.2, -0.15) is 0 Å². The summed E-state index contributed by atoms with van der Waals surface area (Å²) in [6.45, 7) is 5.09. The Bertz CT molecular complexity index is 505. The standard InChI is InChI=1S/C12H14BrClN2/c1-7(2)15-6-11-12(13)9-5-8(14)3-4-10(9)16-11/h3-5,7,15-16H,6H2,1-2H3. The Morgan fingerprint density at radius 1 is 1.44 bits per heavy atom. The summed E-state index contributed by atoms with van der Waals surface area (Å²) in [5, 5.41) is 5.28. The molecule has 2 rings (SSSR count). The fourth-order valence-corrected chi connectivity index (χ4v) is 2.35. The Balaban J connectivity index is 2.36. The third-order valence-corrected chi connectivity index (χ3v) is 3.60. The van der Waals surface area contributed by atoms with E-state index in [4.69, 9.17) is 11.6 Å². The second-order valence-corrected chi connectivity index (χ2v) is 5.37. The fourth-order valence-electron chi connectivity index (χ4n) is 1.62. The first-order valence-electron chi connectivity index (χ1n) is 5.27. The van der Waals surface area contributed by atoms with E-state index in [1.165, 1.54) is 0 Å². The maximum Gasteiger partial charge on any atom is 0.0475 e. The monoisotopic (exact) mass is 300 g/mol. The SMILES string of the molecule is CC(C)NCc1[nH]c2ccc(Cl)cc2c1Br. The van der Waals surface area contributed by atoms with Gasteiger partial charge in [0.05, 0.1) is 0 Å². The summed E-state index contributed by atoms with van der Waals surface area (Å²) >= 11 is 9.58. The van der Waals surface area contributed by atoms with Gasteiger partial charge < -0.3 is 10.3 Å². The number of fused-ring (bicyclic) bond motifs is 1. The second-order valence-electron chi connectivity index (χ2n) is 4.14. The Hall–Kier alpha value is -0.510. The quantitative estimate of drug-likeness (QED) is 0.878. The van der Waals surface area contributed by atoms with Crippen LogP contribution in [0.25, 0.3) is 10.9 Å². The van der Waals surface area contributed by atoms with Crippen molar-refractivity contribution in [3.63, 3.8) is 0 Å². The highest BCUT2D eigenvalue weighted by Crippen LogP contribution is 2.29. The van der Waals surface area contributed by atoms with E-state index in [1.54, 1.807) is 0 Å². The van der Waals surface area contributed by atoms with Gasteiger partial charge in [0.1, 0.15) is 0 Å². The first-order chi connectivity index (χ1) is 7.58. The number of aromatic amines is 1. The number of benzene rings is 1. The average Bonchev–Trinajstić information content (AvgIpc) is 2.53. The predicted molar refractivity (Wildman–Crippen MR) is 73.0 cm³/mol. The van der Waals surface area contributed by atoms with Crippen molar-refractivity contribution >= 4 is 38.4 Å². The van der Waals surface area contributed by atoms with E-state index >= 15 is 0 Å². The molecule has 1 aromatic carbocycles. The molecule has 0 radical (unpaired) electrons. The molecular formula is C12H14BrClN2. The van der Waals surface area contributed by atoms with Crippen LogP contribution in [0.4, 0.5) is 0 Å². The average molecular weight is 302 g/mol. The molecule has 0 amide bonds. The maximum atomic E-state index is 5.98. The molecule has 2 N–H and O–H groups in total. The lowest BCUT2D eigenvalue weighted by atomic mass is 10.2. The van der Waals surface area contributed by atoms with Crippen molar-refractivity contribution in [3.8, 4) is 0 Å². The van der Waals surface area contributed by atoms with Crippen LogP contribution in [0.3, 0.4) is 0 Å². The van der Waals surface area contributed by atoms with Gasteiger partial charge >= 0.3 is 0 Å². The summed E-state index contributed by atoms with van der Waals surface area (Å²) in [6, 6.07) is 6.34. The van der Waals surface area contributed by atoms with Crippen molar-refractivity contribution < 1.29 is 0 Å². The highest BCUT2D eigenvalue weighted by Gasteiger charge is 2.09. The largest absolute Gasteiger partial charge is 0.356 e. The van der Waals surface area contributed by atoms with Crippen molar-refractivity contribution in [2.24, 2.45) is 0 Å². The maximum absolute atomic E-state index is 5.98. The van der Waals surface area contributed by atoms with E-state index in [0.717, 1.165) is 32.6 Å². The molecule has 0 spiro atoms. The molecule has 0 aliphatic rings. The molecule has 1 aromatic heterocycles. The van der Waals surface area contributed by atoms with Crippen LogP contribution in [0.1, 0.15) is 19.5 Å². The van der Waals surface area contributed by atoms with Gasteiger partial charge in [-0.1, -0.05) is 25.4 Å². The molecular weight excluding hydrogens is 288 g/mol. The lowest BCUT2D eigenvalue weighted by molar-refractivity contribution is 0.582. The van der Waals surface area contributed by atoms with Crippen molar-refractivity contribution in [2.45, 2.75) is 26.4 Å². The summed E-state index contributed by atoms with van der Waals surface area (Å²) in [5.41, 5.74) is 2.27. The molecule has 16 heavy (non-hydrogen) atoms. The minimum atomic E-state index is 0.474. The van der Waals surface area contributed by atoms with Gasteiger partial charge in [-0.15, -0.1) is 0 Å². The van der Waals surface area contributed by atoms with Crippen LogP contribution in [0.15, 0.2) is 22.7 Å². The Kier molecular flexibility index (Phi) is 3.57. The van der Waals surface area contributed by atoms with Crippen LogP contribution in [0, 0.1) is 0 Å². The molecule has 0 atom stereocenters. The lowest BCUT2D eigenvalue weighted by Gasteiger charge is -2.06. The molecule has 2 aromatic rings. The first kappa shape index (κ1) is 12.0. The van der Waals surface area contributed by atoms with Gasteiger partial charge in [0.15, 0.2) is 0 Å². The minimum Gasteiger partial charge on any atom is -0.356 e. The van der Waals surface area contributed by atoms with Gasteiger partial charge in [0.25, 0.3) is 0 Å². The third-order valence-electron chi connectivity index (χ3n) is 2.46. The third kappa shape index (κ3) is 2.42. The fraction of sp³-hybridized carbons (Fsp3) is 0.333. The Morgan fingerprint density at radius 3 is 2.88 bits per heavy atom. The number of hydrogen-bond donors (Lipinski definition) is 2. The zero-order chi connectivity index (χ0) is 11.7. The second kappa shape index (κ2) is 4.78. The van der Waals surface area contributed by atoms with Crippen LogP contribution in [0.5, 0.6) is 0 Å². The van der Waals surface area contributed by atoms with Crippen molar-refractivity contribution in [3.05, 3.63) is 33.4 Å². The highest BCUT2D eigenvalue weighted by molar-refractivity contribution is 9.10. The van der Waals surface area contributed by atoms with Crippen molar-refractivity contribution in [1.29, 1.82) is 0 Å². The van der Waals surface area contributed by atoms with Crippen molar-refractivity contribution in [1.82, 2.24) is 10.3 Å². The Labute approximate surface area is 109 Å². The lowest BCUT2D eigenvalue weighted by Crippen LogP contribution is -2.22. The number of H-pyrrole nitrogens is 1. The highest BCUT2D eigenvalue weighted by atomic mass is 79.9. The molecule has 86 valence electrons. The Morgan fingerprint density at radius 2 is 2.19 bits per heavy atom. The number of halogens is 2. The topological polar surface area (TPSA) is 27.8 Å². The minimum absolute atomic E-state index is 0.474. The molecule has 0 bridgehead atoms. The van der Waals surface area contributed by atoms with Crippen molar-refractivity contribution in [2.75, 3.05) is 0 Å². The molecule has 0 aliphatic heterocycles. The van der Waals surface area contributed by atoms with Crippen LogP contribution >= 0.6 is 27.5 Å². The number of hydrogen-bond acceptors (Lipinski definition) is 1. The summed E-state index contributed by atoms with van der Waals surface area (Å²) in [6.07, 6.45) is 0. The van der Waals surface area contributed by atoms with E-state index < -0.39 is 0 Å². The molecule has 0 saturated heterocycles. The molecule has 1 heterocycles. The number of rotatable bonds is 3. The zero-order valence-electron chi connectivity index (χ0n) is 9.27. The summed E-state index contributed by atoms with van der Waals surface area (Å²) in [4.78, 5) is 3.38. The van der Waals surface area contributed by atoms with Crippen LogP contribution in [-0.4, -0.2) is 11.0 Å². The predicted octanol–water partition coefficient (Wildman–Crippen LogP) is 4.08. The van der Waals surface area contributed by atoms with Gasteiger partial charge in [-0.3, -0.25) is 0 Å². The van der Waals surface area contributed by atoms with Gasteiger partial charge in [0, 0.05) is 38.7 Å². The number of nitrogens with one attached hydrogen (secondary N) is 2. The van der Waals surface area contributed by atoms with Crippen LogP contribution in [0.2, 0.25) is 5.02 Å². The molecule has 0 aliphatic carbocycles. The van der Waals surface area contributed by atoms with Crippen LogP contribution in [-0.2, 0) is 6.54 Å². The molecule has 0 saturated carbocycles. The van der Waals surface area contributed by atoms with Gasteiger partial charge in [0.2, 0.25) is 0 Å². The van der Waals surface area contributed by atoms with Gasteiger partial charge in [-0.25, -0.2) is 0 Å².